The quantitative estimate of drug-likeness (QED) is 0.458. The molecule has 128 valence electrons. The zero-order valence-corrected chi connectivity index (χ0v) is 16.0. The minimum atomic E-state index is 0.0586. The van der Waals surface area contributed by atoms with E-state index in [1.165, 1.54) is 27.8 Å². The van der Waals surface area contributed by atoms with Crippen molar-refractivity contribution >= 4 is 23.2 Å². The molecule has 0 saturated heterocycles. The molecule has 3 aromatic rings. The second-order valence-corrected chi connectivity index (χ2v) is 7.08. The van der Waals surface area contributed by atoms with Gasteiger partial charge in [-0.1, -0.05) is 47.5 Å². The van der Waals surface area contributed by atoms with E-state index in [1.807, 2.05) is 36.4 Å². The Morgan fingerprint density at radius 2 is 1.20 bits per heavy atom. The Morgan fingerprint density at radius 3 is 1.64 bits per heavy atom. The third-order valence-corrected chi connectivity index (χ3v) is 5.02. The SMILES string of the molecule is COc1ccc(C(c2cc(Cl)ccc2C)c2cc(Cl)ccc2C)cc1. The lowest BCUT2D eigenvalue weighted by molar-refractivity contribution is 0.414. The van der Waals surface area contributed by atoms with Crippen molar-refractivity contribution in [2.45, 2.75) is 19.8 Å². The fourth-order valence-corrected chi connectivity index (χ4v) is 3.53. The molecule has 0 aromatic heterocycles. The van der Waals surface area contributed by atoms with Crippen molar-refractivity contribution in [3.63, 3.8) is 0 Å². The molecule has 0 aliphatic heterocycles. The lowest BCUT2D eigenvalue weighted by Crippen LogP contribution is -2.07. The van der Waals surface area contributed by atoms with Crippen molar-refractivity contribution in [2.24, 2.45) is 0 Å². The van der Waals surface area contributed by atoms with Gasteiger partial charge in [0.2, 0.25) is 0 Å². The number of ether oxygens (including phenoxy) is 1. The van der Waals surface area contributed by atoms with Gasteiger partial charge in [0.1, 0.15) is 5.75 Å². The van der Waals surface area contributed by atoms with Crippen LogP contribution < -0.4 is 4.74 Å². The largest absolute Gasteiger partial charge is 0.497 e. The molecule has 0 fully saturated rings. The summed E-state index contributed by atoms with van der Waals surface area (Å²) in [5, 5.41) is 1.47. The van der Waals surface area contributed by atoms with Crippen LogP contribution in [-0.4, -0.2) is 7.11 Å². The summed E-state index contributed by atoms with van der Waals surface area (Å²) in [6.07, 6.45) is 0. The fourth-order valence-electron chi connectivity index (χ4n) is 3.17. The third-order valence-electron chi connectivity index (χ3n) is 4.55. The molecule has 3 aromatic carbocycles. The van der Waals surface area contributed by atoms with Gasteiger partial charge in [-0.3, -0.25) is 0 Å². The van der Waals surface area contributed by atoms with Crippen molar-refractivity contribution in [3.05, 3.63) is 98.5 Å². The van der Waals surface area contributed by atoms with Crippen molar-refractivity contribution in [3.8, 4) is 5.75 Å². The summed E-state index contributed by atoms with van der Waals surface area (Å²) < 4.78 is 5.30. The normalized spacial score (nSPS) is 11.0. The van der Waals surface area contributed by atoms with Gasteiger partial charge in [-0.25, -0.2) is 0 Å². The van der Waals surface area contributed by atoms with Crippen LogP contribution in [0.1, 0.15) is 33.7 Å². The van der Waals surface area contributed by atoms with E-state index in [2.05, 4.69) is 38.1 Å². The summed E-state index contributed by atoms with van der Waals surface area (Å²) in [4.78, 5) is 0. The molecule has 1 nitrogen and oxygen atoms in total. The minimum Gasteiger partial charge on any atom is -0.497 e. The number of methoxy groups -OCH3 is 1. The van der Waals surface area contributed by atoms with E-state index >= 15 is 0 Å². The minimum absolute atomic E-state index is 0.0586. The number of benzene rings is 3. The fraction of sp³-hybridized carbons (Fsp3) is 0.182. The predicted octanol–water partition coefficient (Wildman–Crippen LogP) is 6.80. The van der Waals surface area contributed by atoms with E-state index in [4.69, 9.17) is 27.9 Å². The van der Waals surface area contributed by atoms with Crippen LogP contribution in [0.5, 0.6) is 5.75 Å². The van der Waals surface area contributed by atoms with Crippen molar-refractivity contribution in [1.29, 1.82) is 0 Å². The Kier molecular flexibility index (Phi) is 5.36. The Bertz CT molecular complexity index is 834. The molecule has 0 unspecified atom stereocenters. The summed E-state index contributed by atoms with van der Waals surface area (Å²) in [5.41, 5.74) is 5.94. The van der Waals surface area contributed by atoms with Gasteiger partial charge in [0.15, 0.2) is 0 Å². The maximum absolute atomic E-state index is 6.31. The molecule has 0 bridgehead atoms. The monoisotopic (exact) mass is 370 g/mol. The van der Waals surface area contributed by atoms with E-state index in [9.17, 15) is 0 Å². The third kappa shape index (κ3) is 3.84. The van der Waals surface area contributed by atoms with E-state index < -0.39 is 0 Å². The Hall–Kier alpha value is -1.96. The summed E-state index contributed by atoms with van der Waals surface area (Å²) >= 11 is 12.6. The zero-order valence-electron chi connectivity index (χ0n) is 14.5. The van der Waals surface area contributed by atoms with Crippen LogP contribution in [0.3, 0.4) is 0 Å². The first kappa shape index (κ1) is 17.8. The number of aryl methyl sites for hydroxylation is 2. The smallest absolute Gasteiger partial charge is 0.118 e. The number of halogens is 2. The highest BCUT2D eigenvalue weighted by Crippen LogP contribution is 2.38. The molecule has 0 heterocycles. The van der Waals surface area contributed by atoms with Gasteiger partial charge in [-0.2, -0.15) is 0 Å². The molecule has 3 heteroatoms. The highest BCUT2D eigenvalue weighted by Gasteiger charge is 2.21. The summed E-state index contributed by atoms with van der Waals surface area (Å²) in [5.74, 6) is 0.899. The average molecular weight is 371 g/mol. The molecule has 0 N–H and O–H groups in total. The first-order chi connectivity index (χ1) is 12.0. The summed E-state index contributed by atoms with van der Waals surface area (Å²) in [6, 6.07) is 20.3. The van der Waals surface area contributed by atoms with Crippen molar-refractivity contribution in [2.75, 3.05) is 7.11 Å². The first-order valence-corrected chi connectivity index (χ1v) is 8.91. The van der Waals surface area contributed by atoms with E-state index in [-0.39, 0.29) is 5.92 Å². The van der Waals surface area contributed by atoms with Gasteiger partial charge >= 0.3 is 0 Å². The van der Waals surface area contributed by atoms with Gasteiger partial charge in [0.25, 0.3) is 0 Å². The van der Waals surface area contributed by atoms with E-state index in [0.717, 1.165) is 15.8 Å². The average Bonchev–Trinajstić information content (AvgIpc) is 2.61. The molecule has 0 aliphatic rings. The van der Waals surface area contributed by atoms with Gasteiger partial charge in [-0.15, -0.1) is 0 Å². The topological polar surface area (TPSA) is 9.23 Å². The summed E-state index contributed by atoms with van der Waals surface area (Å²) in [7, 11) is 1.68. The second-order valence-electron chi connectivity index (χ2n) is 6.21. The van der Waals surface area contributed by atoms with Gasteiger partial charge in [-0.05, 0) is 78.1 Å². The Morgan fingerprint density at radius 1 is 0.720 bits per heavy atom. The maximum atomic E-state index is 6.31. The lowest BCUT2D eigenvalue weighted by atomic mass is 9.81. The first-order valence-electron chi connectivity index (χ1n) is 8.15. The number of hydrogen-bond acceptors (Lipinski definition) is 1. The second kappa shape index (κ2) is 7.51. The Balaban J connectivity index is 2.23. The zero-order chi connectivity index (χ0) is 18.0. The van der Waals surface area contributed by atoms with Crippen LogP contribution in [0.25, 0.3) is 0 Å². The highest BCUT2D eigenvalue weighted by molar-refractivity contribution is 6.31. The molecular weight excluding hydrogens is 351 g/mol. The molecule has 0 atom stereocenters. The highest BCUT2D eigenvalue weighted by atomic mass is 35.5. The molecule has 0 spiro atoms. The van der Waals surface area contributed by atoms with Crippen LogP contribution in [0.2, 0.25) is 10.0 Å². The predicted molar refractivity (Wildman–Crippen MR) is 106 cm³/mol. The van der Waals surface area contributed by atoms with Gasteiger partial charge in [0.05, 0.1) is 7.11 Å². The molecule has 3 rings (SSSR count). The van der Waals surface area contributed by atoms with Crippen LogP contribution in [0.15, 0.2) is 60.7 Å². The molecule has 25 heavy (non-hydrogen) atoms. The van der Waals surface area contributed by atoms with Gasteiger partial charge < -0.3 is 4.74 Å². The van der Waals surface area contributed by atoms with Crippen LogP contribution in [-0.2, 0) is 0 Å². The van der Waals surface area contributed by atoms with Crippen LogP contribution in [0, 0.1) is 13.8 Å². The van der Waals surface area contributed by atoms with E-state index in [1.54, 1.807) is 7.11 Å². The Labute approximate surface area is 159 Å². The molecule has 0 radical (unpaired) electrons. The number of rotatable bonds is 4. The van der Waals surface area contributed by atoms with Crippen LogP contribution >= 0.6 is 23.2 Å². The van der Waals surface area contributed by atoms with Crippen molar-refractivity contribution in [1.82, 2.24) is 0 Å². The molecule has 0 saturated carbocycles. The molecule has 0 amide bonds. The van der Waals surface area contributed by atoms with Gasteiger partial charge in [0, 0.05) is 16.0 Å². The van der Waals surface area contributed by atoms with Crippen LogP contribution in [0.4, 0.5) is 0 Å². The van der Waals surface area contributed by atoms with E-state index in [0.29, 0.717) is 0 Å². The molecular formula is C22H20Cl2O. The molecule has 0 aliphatic carbocycles. The lowest BCUT2D eigenvalue weighted by Gasteiger charge is -2.23. The maximum Gasteiger partial charge on any atom is 0.118 e. The standard InChI is InChI=1S/C22H20Cl2O/c1-14-4-8-17(23)12-20(14)22(16-6-10-19(25-3)11-7-16)21-13-18(24)9-5-15(21)2/h4-13,22H,1-3H3. The number of hydrogen-bond donors (Lipinski definition) is 0. The van der Waals surface area contributed by atoms with Crippen molar-refractivity contribution < 1.29 is 4.74 Å². The summed E-state index contributed by atoms with van der Waals surface area (Å²) in [6.45, 7) is 4.23.